The summed E-state index contributed by atoms with van der Waals surface area (Å²) in [7, 11) is 0. The number of carbonyl (C=O) groups is 4. The zero-order chi connectivity index (χ0) is 40.9. The molecule has 0 aromatic carbocycles. The first-order valence-corrected chi connectivity index (χ1v) is 20.8. The van der Waals surface area contributed by atoms with Gasteiger partial charge in [-0.15, -0.1) is 0 Å². The molecule has 0 unspecified atom stereocenters. The summed E-state index contributed by atoms with van der Waals surface area (Å²) in [5, 5.41) is 14.8. The maximum absolute atomic E-state index is 13.1. The van der Waals surface area contributed by atoms with Crippen molar-refractivity contribution < 1.29 is 24.3 Å². The smallest absolute Gasteiger partial charge is 0.354 e. The molecule has 8 heterocycles. The summed E-state index contributed by atoms with van der Waals surface area (Å²) in [5.74, 6) is 1.37. The number of aromatic nitrogens is 4. The van der Waals surface area contributed by atoms with Crippen LogP contribution in [0.25, 0.3) is 0 Å². The molecule has 2 aliphatic carbocycles. The standard InChI is InChI=1S/C22H25N5O2.C16H15N5O3.C5H11N/c28-19(13-15-5-1-2-6-15)17-8-9-18-21(24-17)27(16-10-12-26(18)14-16)22(29)25-20-7-3-4-11-23-20;22-15(23)11-4-5-12-14(18-11)21(10-6-8-20(12)9-10)16(24)19-13-3-1-2-7-17-13;6-5-3-1-2-4-5/h3-4,7-9,11,15-16H,1-2,5-6,10,12-14H2,(H,23,25,29);1-5,7,10H,6,8-9H2,(H,22,23)(H,17,19,24);5H,1-4,6H2/t16-;10-;/m00./s1. The molecular formula is C43H51N11O5. The number of amides is 4. The Kier molecular flexibility index (Phi) is 11.9. The number of carbonyl (C=O) groups excluding carboxylic acids is 3. The van der Waals surface area contributed by atoms with Crippen LogP contribution in [-0.2, 0) is 0 Å². The first-order valence-electron chi connectivity index (χ1n) is 20.8. The zero-order valence-corrected chi connectivity index (χ0v) is 33.1. The molecule has 2 atom stereocenters. The van der Waals surface area contributed by atoms with Gasteiger partial charge in [0.25, 0.3) is 0 Å². The van der Waals surface area contributed by atoms with Crippen LogP contribution in [0.15, 0.2) is 73.1 Å². The third kappa shape index (κ3) is 8.97. The van der Waals surface area contributed by atoms with Gasteiger partial charge in [0.2, 0.25) is 0 Å². The largest absolute Gasteiger partial charge is 0.477 e. The van der Waals surface area contributed by atoms with E-state index in [4.69, 9.17) is 10.7 Å². The van der Waals surface area contributed by atoms with E-state index in [0.29, 0.717) is 47.3 Å². The van der Waals surface area contributed by atoms with Gasteiger partial charge in [-0.3, -0.25) is 25.2 Å². The molecule has 0 radical (unpaired) electrons. The van der Waals surface area contributed by atoms with Crippen LogP contribution in [-0.4, -0.2) is 93.2 Å². The van der Waals surface area contributed by atoms with E-state index in [1.807, 2.05) is 24.3 Å². The highest BCUT2D eigenvalue weighted by Crippen LogP contribution is 2.41. The fourth-order valence-electron chi connectivity index (χ4n) is 8.97. The average molecular weight is 802 g/mol. The van der Waals surface area contributed by atoms with Crippen LogP contribution < -0.4 is 36.0 Å². The van der Waals surface area contributed by atoms with Crippen LogP contribution in [0.5, 0.6) is 0 Å². The van der Waals surface area contributed by atoms with Crippen LogP contribution in [0.1, 0.15) is 91.6 Å². The average Bonchev–Trinajstić information content (AvgIpc) is 4.09. The van der Waals surface area contributed by atoms with E-state index in [2.05, 4.69) is 35.4 Å². The second-order valence-electron chi connectivity index (χ2n) is 16.0. The van der Waals surface area contributed by atoms with Crippen molar-refractivity contribution in [3.05, 3.63) is 84.4 Å². The molecule has 2 saturated carbocycles. The van der Waals surface area contributed by atoms with Crippen LogP contribution in [0, 0.1) is 5.92 Å². The predicted molar refractivity (Wildman–Crippen MR) is 225 cm³/mol. The molecule has 16 nitrogen and oxygen atoms in total. The molecule has 5 N–H and O–H groups in total. The number of fused-ring (bicyclic) bond motifs is 8. The number of urea groups is 2. The number of ketones is 1. The minimum Gasteiger partial charge on any atom is -0.477 e. The Morgan fingerprint density at radius 3 is 1.59 bits per heavy atom. The maximum atomic E-state index is 13.1. The van der Waals surface area contributed by atoms with Crippen molar-refractivity contribution in [3.8, 4) is 0 Å². The van der Waals surface area contributed by atoms with Crippen molar-refractivity contribution >= 4 is 58.5 Å². The van der Waals surface area contributed by atoms with Gasteiger partial charge >= 0.3 is 18.0 Å². The molecule has 4 aromatic rings. The number of pyridine rings is 4. The number of nitrogens with one attached hydrogen (secondary N) is 2. The summed E-state index contributed by atoms with van der Waals surface area (Å²) in [4.78, 5) is 74.8. The summed E-state index contributed by atoms with van der Waals surface area (Å²) in [6.07, 6.45) is 15.4. The molecular weight excluding hydrogens is 751 g/mol. The van der Waals surface area contributed by atoms with Gasteiger partial charge in [0.1, 0.15) is 17.3 Å². The van der Waals surface area contributed by atoms with E-state index < -0.39 is 5.97 Å². The Morgan fingerprint density at radius 2 is 1.14 bits per heavy atom. The normalized spacial score (nSPS) is 20.2. The fourth-order valence-corrected chi connectivity index (χ4v) is 8.97. The topological polar surface area (TPSA) is 203 Å². The molecule has 10 rings (SSSR count). The number of nitrogens with zero attached hydrogens (tertiary/aromatic N) is 8. The number of rotatable bonds is 6. The van der Waals surface area contributed by atoms with Crippen molar-refractivity contribution in [1.29, 1.82) is 0 Å². The second-order valence-corrected chi connectivity index (χ2v) is 16.0. The molecule has 6 aliphatic rings. The van der Waals surface area contributed by atoms with Crippen LogP contribution in [0.4, 0.5) is 44.2 Å². The minimum atomic E-state index is -1.11. The molecule has 59 heavy (non-hydrogen) atoms. The lowest BCUT2D eigenvalue weighted by Crippen LogP contribution is -2.48. The third-order valence-corrected chi connectivity index (χ3v) is 12.0. The van der Waals surface area contributed by atoms with E-state index in [0.717, 1.165) is 63.2 Å². The first kappa shape index (κ1) is 39.7. The quantitative estimate of drug-likeness (QED) is 0.153. The molecule has 4 bridgehead atoms. The number of hydrogen-bond acceptors (Lipinski definition) is 11. The monoisotopic (exact) mass is 801 g/mol. The molecule has 16 heteroatoms. The van der Waals surface area contributed by atoms with E-state index in [9.17, 15) is 24.3 Å². The van der Waals surface area contributed by atoms with Gasteiger partial charge in [-0.1, -0.05) is 50.7 Å². The van der Waals surface area contributed by atoms with E-state index in [1.54, 1.807) is 52.5 Å². The van der Waals surface area contributed by atoms with Crippen molar-refractivity contribution in [2.75, 3.05) is 56.4 Å². The third-order valence-electron chi connectivity index (χ3n) is 12.0. The second kappa shape index (κ2) is 17.8. The molecule has 4 aliphatic heterocycles. The summed E-state index contributed by atoms with van der Waals surface area (Å²) >= 11 is 0. The Morgan fingerprint density at radius 1 is 0.644 bits per heavy atom. The van der Waals surface area contributed by atoms with Crippen molar-refractivity contribution in [1.82, 2.24) is 19.9 Å². The highest BCUT2D eigenvalue weighted by atomic mass is 16.4. The van der Waals surface area contributed by atoms with E-state index >= 15 is 0 Å². The summed E-state index contributed by atoms with van der Waals surface area (Å²) < 4.78 is 0. The molecule has 4 amide bonds. The number of hydrogen-bond donors (Lipinski definition) is 4. The Hall–Kier alpha value is -6.16. The van der Waals surface area contributed by atoms with Gasteiger partial charge in [0.05, 0.1) is 23.5 Å². The number of nitrogens with two attached hydrogens (primary N) is 1. The predicted octanol–water partition coefficient (Wildman–Crippen LogP) is 6.56. The van der Waals surface area contributed by atoms with Crippen LogP contribution >= 0.6 is 0 Å². The lowest BCUT2D eigenvalue weighted by Gasteiger charge is -2.35. The van der Waals surface area contributed by atoms with Crippen LogP contribution in [0.2, 0.25) is 0 Å². The molecule has 4 aromatic heterocycles. The number of anilines is 6. The fraction of sp³-hybridized carbons (Fsp3) is 0.442. The van der Waals surface area contributed by atoms with Gasteiger partial charge in [-0.25, -0.2) is 34.3 Å². The lowest BCUT2D eigenvalue weighted by atomic mass is 9.99. The maximum Gasteiger partial charge on any atom is 0.354 e. The van der Waals surface area contributed by atoms with Crippen molar-refractivity contribution in [2.45, 2.75) is 88.8 Å². The van der Waals surface area contributed by atoms with E-state index in [-0.39, 0.29) is 35.6 Å². The molecule has 0 spiro atoms. The minimum absolute atomic E-state index is 0.0299. The Balaban J connectivity index is 0.000000146. The first-order chi connectivity index (χ1) is 28.7. The number of Topliss-reactive ketones (excluding diaryl/α,β-unsaturated/α-hetero) is 1. The van der Waals surface area contributed by atoms with Gasteiger partial charge in [-0.2, -0.15) is 0 Å². The number of aromatic carboxylic acids is 1. The van der Waals surface area contributed by atoms with Crippen LogP contribution in [0.3, 0.4) is 0 Å². The Labute approximate surface area is 343 Å². The summed E-state index contributed by atoms with van der Waals surface area (Å²) in [5.41, 5.74) is 7.63. The summed E-state index contributed by atoms with van der Waals surface area (Å²) in [6.45, 7) is 3.22. The molecule has 4 fully saturated rings. The number of carboxylic acid groups (broad SMARTS) is 1. The van der Waals surface area contributed by atoms with E-state index in [1.165, 1.54) is 44.6 Å². The lowest BCUT2D eigenvalue weighted by molar-refractivity contribution is 0.0690. The molecule has 308 valence electrons. The zero-order valence-electron chi connectivity index (χ0n) is 33.1. The highest BCUT2D eigenvalue weighted by molar-refractivity contribution is 6.06. The van der Waals surface area contributed by atoms with Gasteiger partial charge < -0.3 is 20.6 Å². The SMILES string of the molecule is NC1CCCC1.O=C(CC1CCCC1)c1ccc2c(n1)N(C(=O)Nc1ccccn1)[C@H]1CCN2C1.O=C(O)c1ccc2c(n1)N(C(=O)Nc1ccccn1)[C@H]1CCN2C1. The van der Waals surface area contributed by atoms with Gasteiger partial charge in [0, 0.05) is 51.0 Å². The van der Waals surface area contributed by atoms with Crippen molar-refractivity contribution in [3.63, 3.8) is 0 Å². The van der Waals surface area contributed by atoms with Crippen molar-refractivity contribution in [2.24, 2.45) is 11.7 Å². The molecule has 2 saturated heterocycles. The van der Waals surface area contributed by atoms with Gasteiger partial charge in [-0.05, 0) is 80.1 Å². The Bertz CT molecular complexity index is 2150. The highest BCUT2D eigenvalue weighted by Gasteiger charge is 2.42. The summed E-state index contributed by atoms with van der Waals surface area (Å²) in [6, 6.07) is 17.6. The van der Waals surface area contributed by atoms with Gasteiger partial charge in [0.15, 0.2) is 23.1 Å². The number of carboxylic acids is 1.